The van der Waals surface area contributed by atoms with E-state index in [2.05, 4.69) is 18.9 Å². The highest BCUT2D eigenvalue weighted by Crippen LogP contribution is 2.67. The quantitative estimate of drug-likeness (QED) is 0.214. The van der Waals surface area contributed by atoms with Crippen molar-refractivity contribution in [1.82, 2.24) is 14.7 Å². The summed E-state index contributed by atoms with van der Waals surface area (Å²) in [5.74, 6) is -1.77. The fourth-order valence-corrected chi connectivity index (χ4v) is 8.25. The lowest BCUT2D eigenvalue weighted by molar-refractivity contribution is -0.153. The molecule has 0 aliphatic heterocycles. The molecule has 0 N–H and O–H groups in total. The Morgan fingerprint density at radius 1 is 1.11 bits per heavy atom. The number of amides is 1. The molecule has 3 aliphatic carbocycles. The molecule has 1 heterocycles. The number of alkyl halides is 3. The average molecular weight is 657 g/mol. The van der Waals surface area contributed by atoms with Crippen molar-refractivity contribution in [2.75, 3.05) is 13.2 Å². The number of carbonyl (C=O) groups is 3. The van der Waals surface area contributed by atoms with Crippen LogP contribution in [0.15, 0.2) is 18.3 Å². The summed E-state index contributed by atoms with van der Waals surface area (Å²) in [6, 6.07) is 2.14. The highest BCUT2D eigenvalue weighted by Gasteiger charge is 2.63. The van der Waals surface area contributed by atoms with Gasteiger partial charge in [-0.1, -0.05) is 50.0 Å². The Balaban J connectivity index is 1.47. The molecule has 0 bridgehead atoms. The lowest BCUT2D eigenvalue weighted by atomic mass is 9.78. The molecule has 0 spiro atoms. The van der Waals surface area contributed by atoms with E-state index in [0.717, 1.165) is 10.9 Å². The van der Waals surface area contributed by atoms with E-state index in [1.807, 2.05) is 6.92 Å². The molecule has 6 atom stereocenters. The number of aryl methyl sites for hydroxylation is 1. The van der Waals surface area contributed by atoms with Crippen molar-refractivity contribution in [2.45, 2.75) is 85.0 Å². The topological polar surface area (TPSA) is 81.5 Å². The van der Waals surface area contributed by atoms with Crippen LogP contribution in [0.3, 0.4) is 0 Å². The number of rotatable bonds is 8. The van der Waals surface area contributed by atoms with Crippen LogP contribution < -0.4 is 0 Å². The van der Waals surface area contributed by atoms with Gasteiger partial charge in [-0.05, 0) is 80.8 Å². The Morgan fingerprint density at radius 3 is 2.36 bits per heavy atom. The molecule has 44 heavy (non-hydrogen) atoms. The minimum Gasteiger partial charge on any atom is -0.466 e. The summed E-state index contributed by atoms with van der Waals surface area (Å²) in [5.41, 5.74) is -0.963. The standard InChI is InChI=1S/C32H38Cl2F3N3O4/c1-6-44-30(43)20-9-8-18(11-17(20)3)40-28(32(35,36)37)21(14-38-40)29(42)39(19-12-22-23(13-19)31(22,4)5)15-25(41)26-24(33)10-7-16(2)27(26)34/h7,10,14,17-20,22-23H,6,8-9,11-13,15H2,1-5H3/t17-,18+,19?,20+,22-,23+/m1/s1. The first kappa shape index (κ1) is 32.8. The minimum atomic E-state index is -4.89. The van der Waals surface area contributed by atoms with Gasteiger partial charge in [0.25, 0.3) is 5.91 Å². The molecule has 1 aromatic carbocycles. The molecule has 1 aromatic heterocycles. The Labute approximate surface area is 265 Å². The molecule has 240 valence electrons. The van der Waals surface area contributed by atoms with Crippen LogP contribution in [-0.4, -0.2) is 51.5 Å². The van der Waals surface area contributed by atoms with Crippen LogP contribution in [0.25, 0.3) is 0 Å². The summed E-state index contributed by atoms with van der Waals surface area (Å²) < 4.78 is 50.3. The molecule has 3 fully saturated rings. The monoisotopic (exact) mass is 655 g/mol. The van der Waals surface area contributed by atoms with Gasteiger partial charge in [0.15, 0.2) is 11.5 Å². The van der Waals surface area contributed by atoms with Gasteiger partial charge in [0.1, 0.15) is 0 Å². The van der Waals surface area contributed by atoms with Crippen LogP contribution in [0, 0.1) is 36.0 Å². The van der Waals surface area contributed by atoms with Crippen LogP contribution in [-0.2, 0) is 15.7 Å². The average Bonchev–Trinajstić information content (AvgIpc) is 3.37. The number of ketones is 1. The van der Waals surface area contributed by atoms with E-state index in [0.29, 0.717) is 36.7 Å². The molecule has 3 aliphatic rings. The second kappa shape index (κ2) is 12.0. The summed E-state index contributed by atoms with van der Waals surface area (Å²) in [4.78, 5) is 41.4. The fourth-order valence-electron chi connectivity index (χ4n) is 7.67. The summed E-state index contributed by atoms with van der Waals surface area (Å²) >= 11 is 12.8. The Hall–Kier alpha value is -2.59. The zero-order valence-corrected chi connectivity index (χ0v) is 27.0. The first-order valence-corrected chi connectivity index (χ1v) is 15.9. The van der Waals surface area contributed by atoms with Crippen LogP contribution in [0.1, 0.15) is 97.8 Å². The molecule has 7 nitrogen and oxygen atoms in total. The lowest BCUT2D eigenvalue weighted by Crippen LogP contribution is -2.44. The van der Waals surface area contributed by atoms with E-state index in [4.69, 9.17) is 27.9 Å². The number of ether oxygens (including phenoxy) is 1. The van der Waals surface area contributed by atoms with Crippen molar-refractivity contribution in [3.05, 3.63) is 50.8 Å². The second-order valence-corrected chi connectivity index (χ2v) is 14.0. The van der Waals surface area contributed by atoms with Crippen molar-refractivity contribution in [3.63, 3.8) is 0 Å². The van der Waals surface area contributed by atoms with Gasteiger partial charge in [0.2, 0.25) is 0 Å². The number of hydrogen-bond acceptors (Lipinski definition) is 5. The normalized spacial score (nSPS) is 27.5. The molecule has 5 rings (SSSR count). The predicted molar refractivity (Wildman–Crippen MR) is 160 cm³/mol. The van der Waals surface area contributed by atoms with Crippen LogP contribution >= 0.6 is 23.2 Å². The number of nitrogens with zero attached hydrogens (tertiary/aromatic N) is 3. The largest absolute Gasteiger partial charge is 0.466 e. The summed E-state index contributed by atoms with van der Waals surface area (Å²) in [5, 5.41) is 4.38. The summed E-state index contributed by atoms with van der Waals surface area (Å²) in [6.07, 6.45) is -1.83. The molecule has 12 heteroatoms. The Morgan fingerprint density at radius 2 is 1.77 bits per heavy atom. The van der Waals surface area contributed by atoms with Gasteiger partial charge in [0, 0.05) is 6.04 Å². The predicted octanol–water partition coefficient (Wildman–Crippen LogP) is 7.82. The van der Waals surface area contributed by atoms with E-state index in [9.17, 15) is 27.6 Å². The van der Waals surface area contributed by atoms with Gasteiger partial charge in [0.05, 0.1) is 52.5 Å². The molecule has 2 aromatic rings. The maximum absolute atomic E-state index is 14.7. The van der Waals surface area contributed by atoms with Crippen molar-refractivity contribution in [2.24, 2.45) is 29.1 Å². The molecule has 0 radical (unpaired) electrons. The highest BCUT2D eigenvalue weighted by molar-refractivity contribution is 6.40. The molecule has 3 saturated carbocycles. The van der Waals surface area contributed by atoms with E-state index in [-0.39, 0.29) is 52.4 Å². The molecule has 1 amide bonds. The third-order valence-corrected chi connectivity index (χ3v) is 11.1. The van der Waals surface area contributed by atoms with Gasteiger partial charge in [-0.15, -0.1) is 0 Å². The first-order chi connectivity index (χ1) is 20.6. The van der Waals surface area contributed by atoms with Crippen molar-refractivity contribution in [3.8, 4) is 0 Å². The van der Waals surface area contributed by atoms with Crippen molar-refractivity contribution >= 4 is 40.9 Å². The molecular weight excluding hydrogens is 618 g/mol. The number of benzene rings is 1. The maximum Gasteiger partial charge on any atom is 0.433 e. The zero-order valence-electron chi connectivity index (χ0n) is 25.5. The highest BCUT2D eigenvalue weighted by atomic mass is 35.5. The van der Waals surface area contributed by atoms with E-state index < -0.39 is 53.7 Å². The Kier molecular flexibility index (Phi) is 8.92. The lowest BCUT2D eigenvalue weighted by Gasteiger charge is -2.34. The van der Waals surface area contributed by atoms with Crippen LogP contribution in [0.5, 0.6) is 0 Å². The number of hydrogen-bond donors (Lipinski definition) is 0. The summed E-state index contributed by atoms with van der Waals surface area (Å²) in [7, 11) is 0. The molecular formula is C32H38Cl2F3N3O4. The number of aromatic nitrogens is 2. The molecule has 1 unspecified atom stereocenters. The summed E-state index contributed by atoms with van der Waals surface area (Å²) in [6.45, 7) is 9.31. The minimum absolute atomic E-state index is 0.0497. The first-order valence-electron chi connectivity index (χ1n) is 15.2. The van der Waals surface area contributed by atoms with Gasteiger partial charge >= 0.3 is 12.1 Å². The third-order valence-electron chi connectivity index (χ3n) is 10.3. The van der Waals surface area contributed by atoms with Crippen molar-refractivity contribution in [1.29, 1.82) is 0 Å². The van der Waals surface area contributed by atoms with Gasteiger partial charge in [-0.3, -0.25) is 19.1 Å². The molecule has 0 saturated heterocycles. The number of Topliss-reactive ketones (excluding diaryl/α,β-unsaturated/α-hetero) is 1. The fraction of sp³-hybridized carbons (Fsp3) is 0.625. The van der Waals surface area contributed by atoms with Gasteiger partial charge in [-0.2, -0.15) is 18.3 Å². The van der Waals surface area contributed by atoms with E-state index in [1.165, 1.54) is 4.90 Å². The number of esters is 1. The van der Waals surface area contributed by atoms with Gasteiger partial charge in [-0.25, -0.2) is 0 Å². The second-order valence-electron chi connectivity index (χ2n) is 13.2. The maximum atomic E-state index is 14.7. The van der Waals surface area contributed by atoms with E-state index in [1.54, 1.807) is 26.0 Å². The van der Waals surface area contributed by atoms with Crippen molar-refractivity contribution < 1.29 is 32.3 Å². The third kappa shape index (κ3) is 5.88. The van der Waals surface area contributed by atoms with E-state index >= 15 is 0 Å². The van der Waals surface area contributed by atoms with Crippen LogP contribution in [0.2, 0.25) is 10.0 Å². The van der Waals surface area contributed by atoms with Crippen LogP contribution in [0.4, 0.5) is 13.2 Å². The Bertz CT molecular complexity index is 1460. The number of fused-ring (bicyclic) bond motifs is 1. The smallest absolute Gasteiger partial charge is 0.433 e. The number of halogens is 5. The van der Waals surface area contributed by atoms with Gasteiger partial charge < -0.3 is 9.64 Å². The SMILES string of the molecule is CCOC(=O)[C@H]1CC[C@H](n2ncc(C(=O)N(CC(=O)c3c(Cl)ccc(C)c3Cl)C3C[C@@H]4[C@H](C3)C4(C)C)c2C(F)(F)F)C[C@H]1C. The number of carbonyl (C=O) groups excluding carboxylic acids is 3. The zero-order chi connectivity index (χ0) is 32.3.